The molecule has 4 saturated carbocycles. The van der Waals surface area contributed by atoms with E-state index < -0.39 is 0 Å². The topological polar surface area (TPSA) is 49.7 Å². The molecule has 4 aliphatic rings. The van der Waals surface area contributed by atoms with E-state index in [-0.39, 0.29) is 12.2 Å². The lowest BCUT2D eigenvalue weighted by Gasteiger charge is -2.64. The summed E-state index contributed by atoms with van der Waals surface area (Å²) < 4.78 is 5.31. The normalized spacial score (nSPS) is 51.7. The Morgan fingerprint density at radius 2 is 1.67 bits per heavy atom. The van der Waals surface area contributed by atoms with Crippen LogP contribution in [-0.2, 0) is 4.74 Å². The molecule has 0 spiro atoms. The number of methoxy groups -OCH3 is 1. The van der Waals surface area contributed by atoms with Gasteiger partial charge in [0.25, 0.3) is 0 Å². The van der Waals surface area contributed by atoms with E-state index in [1.54, 1.807) is 0 Å². The Bertz CT molecular complexity index is 593. The van der Waals surface area contributed by atoms with Crippen molar-refractivity contribution in [2.24, 2.45) is 52.3 Å². The molecular formula is C27H48O3. The highest BCUT2D eigenvalue weighted by Gasteiger charge is 2.64. The van der Waals surface area contributed by atoms with Gasteiger partial charge in [0.1, 0.15) is 0 Å². The third-order valence-electron chi connectivity index (χ3n) is 11.2. The number of aliphatic hydroxyl groups excluding tert-OH is 2. The van der Waals surface area contributed by atoms with Gasteiger partial charge in [0.2, 0.25) is 0 Å². The van der Waals surface area contributed by atoms with Crippen LogP contribution in [0.5, 0.6) is 0 Å². The fraction of sp³-hybridized carbons (Fsp3) is 1.00. The number of hydrogen-bond donors (Lipinski definition) is 2. The molecule has 0 aliphatic heterocycles. The number of aliphatic hydroxyl groups is 2. The number of ether oxygens (including phenoxy) is 1. The third-order valence-corrected chi connectivity index (χ3v) is 11.2. The predicted octanol–water partition coefficient (Wildman–Crippen LogP) is 5.68. The summed E-state index contributed by atoms with van der Waals surface area (Å²) in [5.74, 6) is 4.21. The first-order valence-electron chi connectivity index (χ1n) is 13.1. The van der Waals surface area contributed by atoms with Crippen LogP contribution in [-0.4, -0.2) is 36.1 Å². The lowest BCUT2D eigenvalue weighted by molar-refractivity contribution is -0.203. The Labute approximate surface area is 185 Å². The molecule has 0 radical (unpaired) electrons. The molecule has 4 fully saturated rings. The van der Waals surface area contributed by atoms with Crippen LogP contribution in [0.3, 0.4) is 0 Å². The summed E-state index contributed by atoms with van der Waals surface area (Å²) in [7, 11) is 1.81. The van der Waals surface area contributed by atoms with Crippen molar-refractivity contribution in [3.8, 4) is 0 Å². The maximum absolute atomic E-state index is 11.8. The van der Waals surface area contributed by atoms with E-state index >= 15 is 0 Å². The van der Waals surface area contributed by atoms with Crippen LogP contribution in [0.1, 0.15) is 91.9 Å². The summed E-state index contributed by atoms with van der Waals surface area (Å²) in [6.07, 6.45) is 11.5. The lowest BCUT2D eigenvalue weighted by Crippen LogP contribution is -2.62. The highest BCUT2D eigenvalue weighted by Crippen LogP contribution is 2.69. The zero-order valence-electron chi connectivity index (χ0n) is 20.3. The Balaban J connectivity index is 1.59. The molecule has 0 heterocycles. The summed E-state index contributed by atoms with van der Waals surface area (Å²) in [6.45, 7) is 10.8. The molecule has 0 amide bonds. The van der Waals surface area contributed by atoms with E-state index in [9.17, 15) is 10.2 Å². The predicted molar refractivity (Wildman–Crippen MR) is 122 cm³/mol. The van der Waals surface area contributed by atoms with Gasteiger partial charge < -0.3 is 14.9 Å². The summed E-state index contributed by atoms with van der Waals surface area (Å²) in [5.41, 5.74) is 0.706. The zero-order valence-corrected chi connectivity index (χ0v) is 20.3. The molecule has 4 rings (SSSR count). The Morgan fingerprint density at radius 1 is 0.967 bits per heavy atom. The molecule has 11 atom stereocenters. The first-order chi connectivity index (χ1) is 14.3. The minimum absolute atomic E-state index is 0.154. The summed E-state index contributed by atoms with van der Waals surface area (Å²) >= 11 is 0. The largest absolute Gasteiger partial charge is 0.393 e. The van der Waals surface area contributed by atoms with Crippen LogP contribution in [0.15, 0.2) is 0 Å². The summed E-state index contributed by atoms with van der Waals surface area (Å²) in [5, 5.41) is 22.2. The van der Waals surface area contributed by atoms with Gasteiger partial charge in [-0.1, -0.05) is 34.1 Å². The van der Waals surface area contributed by atoms with Crippen LogP contribution >= 0.6 is 0 Å². The Hall–Kier alpha value is -0.120. The quantitative estimate of drug-likeness (QED) is 0.544. The number of fused-ring (bicyclic) bond motifs is 5. The molecular weight excluding hydrogens is 372 g/mol. The second kappa shape index (κ2) is 8.67. The average molecular weight is 421 g/mol. The minimum Gasteiger partial charge on any atom is -0.393 e. The third kappa shape index (κ3) is 3.50. The number of rotatable bonds is 6. The molecule has 0 aromatic heterocycles. The molecule has 0 aromatic carbocycles. The van der Waals surface area contributed by atoms with E-state index in [0.717, 1.165) is 44.1 Å². The Morgan fingerprint density at radius 3 is 2.37 bits per heavy atom. The van der Waals surface area contributed by atoms with Crippen molar-refractivity contribution < 1.29 is 14.9 Å². The molecule has 0 unspecified atom stereocenters. The van der Waals surface area contributed by atoms with Crippen molar-refractivity contribution in [3.05, 3.63) is 0 Å². The van der Waals surface area contributed by atoms with Gasteiger partial charge in [0, 0.05) is 13.7 Å². The molecule has 0 saturated heterocycles. The molecule has 3 nitrogen and oxygen atoms in total. The van der Waals surface area contributed by atoms with Crippen molar-refractivity contribution in [3.63, 3.8) is 0 Å². The first-order valence-corrected chi connectivity index (χ1v) is 13.1. The maximum Gasteiger partial charge on any atom is 0.0605 e. The van der Waals surface area contributed by atoms with E-state index in [0.29, 0.717) is 40.4 Å². The number of hydrogen-bond acceptors (Lipinski definition) is 3. The lowest BCUT2D eigenvalue weighted by atomic mass is 9.41. The molecule has 174 valence electrons. The van der Waals surface area contributed by atoms with Crippen LogP contribution in [0, 0.1) is 52.3 Å². The molecule has 0 bridgehead atoms. The molecule has 2 N–H and O–H groups in total. The van der Waals surface area contributed by atoms with Gasteiger partial charge in [0.15, 0.2) is 0 Å². The van der Waals surface area contributed by atoms with Gasteiger partial charge in [-0.15, -0.1) is 0 Å². The minimum atomic E-state index is -0.171. The molecule has 4 aliphatic carbocycles. The maximum atomic E-state index is 11.8. The van der Waals surface area contributed by atoms with Crippen molar-refractivity contribution in [2.45, 2.75) is 104 Å². The van der Waals surface area contributed by atoms with Gasteiger partial charge in [-0.25, -0.2) is 0 Å². The highest BCUT2D eigenvalue weighted by atomic mass is 16.5. The molecule has 30 heavy (non-hydrogen) atoms. The van der Waals surface area contributed by atoms with Crippen molar-refractivity contribution in [2.75, 3.05) is 13.7 Å². The van der Waals surface area contributed by atoms with E-state index in [1.165, 1.54) is 38.5 Å². The van der Waals surface area contributed by atoms with Gasteiger partial charge in [-0.3, -0.25) is 0 Å². The van der Waals surface area contributed by atoms with Crippen LogP contribution in [0.4, 0.5) is 0 Å². The van der Waals surface area contributed by atoms with Crippen LogP contribution in [0.2, 0.25) is 0 Å². The van der Waals surface area contributed by atoms with E-state index in [1.807, 2.05) is 7.11 Å². The van der Waals surface area contributed by atoms with Gasteiger partial charge in [-0.05, 0) is 110 Å². The first kappa shape index (κ1) is 23.1. The smallest absolute Gasteiger partial charge is 0.0605 e. The second-order valence-corrected chi connectivity index (χ2v) is 12.2. The molecule has 0 aromatic rings. The molecule has 3 heteroatoms. The SMILES string of the molecule is CC[C@H]1[C@@H](O)[C@@H]2[C@H](CC[C@]3(C)[C@@H]([C@H](C)CCCOC)CC[C@@H]23)[C@@]2(C)CC[C@@H](O)C[C@@H]12. The van der Waals surface area contributed by atoms with Gasteiger partial charge >= 0.3 is 0 Å². The fourth-order valence-electron chi connectivity index (χ4n) is 9.68. The van der Waals surface area contributed by atoms with Crippen molar-refractivity contribution in [1.29, 1.82) is 0 Å². The monoisotopic (exact) mass is 420 g/mol. The van der Waals surface area contributed by atoms with Crippen molar-refractivity contribution >= 4 is 0 Å². The highest BCUT2D eigenvalue weighted by molar-refractivity contribution is 5.13. The van der Waals surface area contributed by atoms with Crippen LogP contribution < -0.4 is 0 Å². The van der Waals surface area contributed by atoms with Crippen molar-refractivity contribution in [1.82, 2.24) is 0 Å². The van der Waals surface area contributed by atoms with Gasteiger partial charge in [-0.2, -0.15) is 0 Å². The summed E-state index contributed by atoms with van der Waals surface area (Å²) in [6, 6.07) is 0. The zero-order chi connectivity index (χ0) is 21.7. The van der Waals surface area contributed by atoms with E-state index in [4.69, 9.17) is 4.74 Å². The standard InChI is InChI=1S/C27H48O3/c1-6-19-23-16-18(28)11-13-27(23,4)22-12-14-26(3)20(17(2)8-7-15-30-5)9-10-21(26)24(22)25(19)29/h17-25,28-29H,6-16H2,1-5H3/t17-,18-,19-,20-,21+,22+,23+,24+,25-,26-,27-/m1/s1. The van der Waals surface area contributed by atoms with E-state index in [2.05, 4.69) is 27.7 Å². The van der Waals surface area contributed by atoms with Gasteiger partial charge in [0.05, 0.1) is 12.2 Å². The second-order valence-electron chi connectivity index (χ2n) is 12.2. The van der Waals surface area contributed by atoms with Crippen LogP contribution in [0.25, 0.3) is 0 Å². The average Bonchev–Trinajstić information content (AvgIpc) is 3.07. The fourth-order valence-corrected chi connectivity index (χ4v) is 9.68. The Kier molecular flexibility index (Phi) is 6.66. The summed E-state index contributed by atoms with van der Waals surface area (Å²) in [4.78, 5) is 0.